The van der Waals surface area contributed by atoms with Crippen molar-refractivity contribution in [2.45, 2.75) is 6.54 Å². The predicted molar refractivity (Wildman–Crippen MR) is 76.2 cm³/mol. The third kappa shape index (κ3) is 3.45. The fourth-order valence-corrected chi connectivity index (χ4v) is 1.98. The number of nitrogens with zero attached hydrogens (tertiary/aromatic N) is 1. The van der Waals surface area contributed by atoms with Gasteiger partial charge in [-0.1, -0.05) is 27.5 Å². The van der Waals surface area contributed by atoms with E-state index in [0.717, 1.165) is 15.9 Å². The standard InChI is InChI=1S/C13H12BrClN2O/c1-16-8-10-7-11(4-5-17-10)18-13-6-9(14)2-3-12(13)15/h2-7,16H,8H2,1H3. The molecule has 0 atom stereocenters. The minimum atomic E-state index is 0.574. The Morgan fingerprint density at radius 1 is 1.33 bits per heavy atom. The average Bonchev–Trinajstić information content (AvgIpc) is 2.35. The van der Waals surface area contributed by atoms with Crippen LogP contribution in [0.25, 0.3) is 0 Å². The van der Waals surface area contributed by atoms with E-state index >= 15 is 0 Å². The molecular weight excluding hydrogens is 316 g/mol. The van der Waals surface area contributed by atoms with Gasteiger partial charge < -0.3 is 10.1 Å². The van der Waals surface area contributed by atoms with Crippen molar-refractivity contribution >= 4 is 27.5 Å². The first kappa shape index (κ1) is 13.3. The maximum atomic E-state index is 6.07. The molecule has 0 amide bonds. The highest BCUT2D eigenvalue weighted by molar-refractivity contribution is 9.10. The molecular formula is C13H12BrClN2O. The van der Waals surface area contributed by atoms with Crippen molar-refractivity contribution in [2.24, 2.45) is 0 Å². The third-order valence-corrected chi connectivity index (χ3v) is 3.07. The first-order valence-electron chi connectivity index (χ1n) is 5.41. The molecule has 1 aromatic heterocycles. The highest BCUT2D eigenvalue weighted by Crippen LogP contribution is 2.31. The summed E-state index contributed by atoms with van der Waals surface area (Å²) in [4.78, 5) is 4.23. The molecule has 94 valence electrons. The van der Waals surface area contributed by atoms with E-state index in [9.17, 15) is 0 Å². The van der Waals surface area contributed by atoms with Gasteiger partial charge in [-0.2, -0.15) is 0 Å². The molecule has 0 spiro atoms. The molecule has 1 aromatic carbocycles. The number of ether oxygens (including phenoxy) is 1. The molecule has 0 fully saturated rings. The van der Waals surface area contributed by atoms with Gasteiger partial charge in [-0.05, 0) is 31.3 Å². The van der Waals surface area contributed by atoms with Gasteiger partial charge in [0.15, 0.2) is 0 Å². The summed E-state index contributed by atoms with van der Waals surface area (Å²) in [6, 6.07) is 9.18. The molecule has 0 aliphatic rings. The van der Waals surface area contributed by atoms with Gasteiger partial charge in [-0.15, -0.1) is 0 Å². The summed E-state index contributed by atoms with van der Waals surface area (Å²) < 4.78 is 6.67. The van der Waals surface area contributed by atoms with Crippen molar-refractivity contribution in [1.82, 2.24) is 10.3 Å². The van der Waals surface area contributed by atoms with Gasteiger partial charge in [0.2, 0.25) is 0 Å². The van der Waals surface area contributed by atoms with E-state index < -0.39 is 0 Å². The summed E-state index contributed by atoms with van der Waals surface area (Å²) in [7, 11) is 1.88. The lowest BCUT2D eigenvalue weighted by Gasteiger charge is -2.09. The Bertz CT molecular complexity index is 548. The number of aromatic nitrogens is 1. The van der Waals surface area contributed by atoms with Crippen LogP contribution in [0.1, 0.15) is 5.69 Å². The molecule has 0 saturated heterocycles. The van der Waals surface area contributed by atoms with Gasteiger partial charge >= 0.3 is 0 Å². The Kier molecular flexibility index (Phi) is 4.58. The van der Waals surface area contributed by atoms with Gasteiger partial charge in [0.25, 0.3) is 0 Å². The minimum Gasteiger partial charge on any atom is -0.456 e. The number of benzene rings is 1. The summed E-state index contributed by atoms with van der Waals surface area (Å²) in [6.07, 6.45) is 1.72. The molecule has 0 aliphatic carbocycles. The number of hydrogen-bond acceptors (Lipinski definition) is 3. The summed E-state index contributed by atoms with van der Waals surface area (Å²) >= 11 is 9.46. The molecule has 1 heterocycles. The van der Waals surface area contributed by atoms with Crippen LogP contribution in [0.5, 0.6) is 11.5 Å². The monoisotopic (exact) mass is 326 g/mol. The highest BCUT2D eigenvalue weighted by Gasteiger charge is 2.05. The van der Waals surface area contributed by atoms with Gasteiger partial charge in [0, 0.05) is 23.3 Å². The van der Waals surface area contributed by atoms with Gasteiger partial charge in [-0.3, -0.25) is 4.98 Å². The number of nitrogens with one attached hydrogen (secondary N) is 1. The quantitative estimate of drug-likeness (QED) is 0.921. The molecule has 5 heteroatoms. The van der Waals surface area contributed by atoms with E-state index in [-0.39, 0.29) is 0 Å². The molecule has 1 N–H and O–H groups in total. The summed E-state index contributed by atoms with van der Waals surface area (Å²) in [5, 5.41) is 3.62. The Balaban J connectivity index is 2.22. The van der Waals surface area contributed by atoms with Crippen LogP contribution >= 0.6 is 27.5 Å². The maximum absolute atomic E-state index is 6.07. The van der Waals surface area contributed by atoms with Gasteiger partial charge in [0.1, 0.15) is 11.5 Å². The van der Waals surface area contributed by atoms with E-state index in [4.69, 9.17) is 16.3 Å². The van der Waals surface area contributed by atoms with Crippen LogP contribution in [-0.2, 0) is 6.54 Å². The molecule has 0 bridgehead atoms. The Labute approximate surface area is 119 Å². The lowest BCUT2D eigenvalue weighted by atomic mass is 10.3. The first-order valence-corrected chi connectivity index (χ1v) is 6.58. The van der Waals surface area contributed by atoms with Crippen LogP contribution in [0.3, 0.4) is 0 Å². The first-order chi connectivity index (χ1) is 8.69. The van der Waals surface area contributed by atoms with Crippen LogP contribution in [0.15, 0.2) is 41.0 Å². The van der Waals surface area contributed by atoms with Gasteiger partial charge in [-0.25, -0.2) is 0 Å². The van der Waals surface area contributed by atoms with Crippen molar-refractivity contribution in [2.75, 3.05) is 7.05 Å². The highest BCUT2D eigenvalue weighted by atomic mass is 79.9. The molecule has 2 aromatic rings. The normalized spacial score (nSPS) is 10.4. The Hall–Kier alpha value is -1.10. The lowest BCUT2D eigenvalue weighted by molar-refractivity contribution is 0.480. The van der Waals surface area contributed by atoms with E-state index in [2.05, 4.69) is 26.2 Å². The zero-order valence-electron chi connectivity index (χ0n) is 9.78. The number of hydrogen-bond donors (Lipinski definition) is 1. The lowest BCUT2D eigenvalue weighted by Crippen LogP contribution is -2.06. The Morgan fingerprint density at radius 2 is 2.17 bits per heavy atom. The van der Waals surface area contributed by atoms with Crippen LogP contribution < -0.4 is 10.1 Å². The van der Waals surface area contributed by atoms with E-state index in [0.29, 0.717) is 17.3 Å². The van der Waals surface area contributed by atoms with Crippen LogP contribution in [-0.4, -0.2) is 12.0 Å². The number of halogens is 2. The predicted octanol–water partition coefficient (Wildman–Crippen LogP) is 4.01. The maximum Gasteiger partial charge on any atom is 0.147 e. The van der Waals surface area contributed by atoms with E-state index in [1.807, 2.05) is 25.2 Å². The summed E-state index contributed by atoms with van der Waals surface area (Å²) in [5.74, 6) is 1.34. The summed E-state index contributed by atoms with van der Waals surface area (Å²) in [6.45, 7) is 0.698. The van der Waals surface area contributed by atoms with E-state index in [1.54, 1.807) is 18.3 Å². The zero-order valence-corrected chi connectivity index (χ0v) is 12.1. The van der Waals surface area contributed by atoms with Crippen molar-refractivity contribution in [1.29, 1.82) is 0 Å². The average molecular weight is 328 g/mol. The molecule has 18 heavy (non-hydrogen) atoms. The fourth-order valence-electron chi connectivity index (χ4n) is 1.48. The minimum absolute atomic E-state index is 0.574. The van der Waals surface area contributed by atoms with Crippen molar-refractivity contribution < 1.29 is 4.74 Å². The van der Waals surface area contributed by atoms with Crippen molar-refractivity contribution in [3.63, 3.8) is 0 Å². The largest absolute Gasteiger partial charge is 0.456 e. The number of pyridine rings is 1. The smallest absolute Gasteiger partial charge is 0.147 e. The topological polar surface area (TPSA) is 34.1 Å². The SMILES string of the molecule is CNCc1cc(Oc2cc(Br)ccc2Cl)ccn1. The second-order valence-electron chi connectivity index (χ2n) is 3.69. The molecule has 0 unspecified atom stereocenters. The molecule has 0 aliphatic heterocycles. The molecule has 0 saturated carbocycles. The molecule has 0 radical (unpaired) electrons. The van der Waals surface area contributed by atoms with Crippen molar-refractivity contribution in [3.8, 4) is 11.5 Å². The van der Waals surface area contributed by atoms with Crippen molar-refractivity contribution in [3.05, 3.63) is 51.7 Å². The molecule has 3 nitrogen and oxygen atoms in total. The second-order valence-corrected chi connectivity index (χ2v) is 5.01. The Morgan fingerprint density at radius 3 is 2.94 bits per heavy atom. The van der Waals surface area contributed by atoms with Crippen LogP contribution in [0.2, 0.25) is 5.02 Å². The summed E-state index contributed by atoms with van der Waals surface area (Å²) in [5.41, 5.74) is 0.918. The zero-order chi connectivity index (χ0) is 13.0. The molecule has 2 rings (SSSR count). The van der Waals surface area contributed by atoms with Gasteiger partial charge in [0.05, 0.1) is 10.7 Å². The fraction of sp³-hybridized carbons (Fsp3) is 0.154. The van der Waals surface area contributed by atoms with Crippen LogP contribution in [0, 0.1) is 0 Å². The van der Waals surface area contributed by atoms with E-state index in [1.165, 1.54) is 0 Å². The third-order valence-electron chi connectivity index (χ3n) is 2.27. The second kappa shape index (κ2) is 6.18. The van der Waals surface area contributed by atoms with Crippen LogP contribution in [0.4, 0.5) is 0 Å². The number of rotatable bonds is 4.